The maximum atomic E-state index is 12.5. The molecule has 0 bridgehead atoms. The number of benzene rings is 1. The van der Waals surface area contributed by atoms with E-state index in [2.05, 4.69) is 5.32 Å². The third-order valence-electron chi connectivity index (χ3n) is 5.45. The van der Waals surface area contributed by atoms with Gasteiger partial charge in [0.25, 0.3) is 0 Å². The van der Waals surface area contributed by atoms with Gasteiger partial charge in [-0.15, -0.1) is 0 Å². The van der Waals surface area contributed by atoms with Gasteiger partial charge in [-0.25, -0.2) is 0 Å². The molecule has 1 saturated carbocycles. The second-order valence-corrected chi connectivity index (χ2v) is 7.62. The van der Waals surface area contributed by atoms with Crippen LogP contribution in [0.4, 0.5) is 0 Å². The highest BCUT2D eigenvalue weighted by atomic mass is 16.3. The van der Waals surface area contributed by atoms with E-state index in [1.165, 1.54) is 57.8 Å². The zero-order chi connectivity index (χ0) is 18.6. The largest absolute Gasteiger partial charge is 0.392 e. The average molecular weight is 362 g/mol. The summed E-state index contributed by atoms with van der Waals surface area (Å²) in [5.74, 6) is 0.0581. The highest BCUT2D eigenvalue weighted by molar-refractivity contribution is 5.78. The molecular weight excluding hydrogens is 326 g/mol. The summed E-state index contributed by atoms with van der Waals surface area (Å²) in [4.78, 5) is 12.5. The topological polar surface area (TPSA) is 69.6 Å². The maximum absolute atomic E-state index is 12.5. The van der Waals surface area contributed by atoms with Crippen molar-refractivity contribution < 1.29 is 15.0 Å². The van der Waals surface area contributed by atoms with Crippen LogP contribution in [0.15, 0.2) is 18.2 Å². The molecule has 1 aromatic carbocycles. The Morgan fingerprint density at radius 2 is 1.38 bits per heavy atom. The summed E-state index contributed by atoms with van der Waals surface area (Å²) in [5.41, 5.74) is 2.30. The van der Waals surface area contributed by atoms with Gasteiger partial charge in [-0.05, 0) is 29.5 Å². The first-order valence-electron chi connectivity index (χ1n) is 10.3. The van der Waals surface area contributed by atoms with Crippen molar-refractivity contribution in [2.24, 2.45) is 0 Å². The quantitative estimate of drug-likeness (QED) is 0.742. The molecule has 1 aliphatic rings. The fraction of sp³-hybridized carbons (Fsp3) is 0.682. The smallest absolute Gasteiger partial charge is 0.224 e. The van der Waals surface area contributed by atoms with Gasteiger partial charge < -0.3 is 15.5 Å². The van der Waals surface area contributed by atoms with Crippen LogP contribution >= 0.6 is 0 Å². The summed E-state index contributed by atoms with van der Waals surface area (Å²) in [5, 5.41) is 21.9. The molecule has 0 heterocycles. The number of nitrogens with one attached hydrogen (secondary N) is 1. The summed E-state index contributed by atoms with van der Waals surface area (Å²) in [7, 11) is 0. The first kappa shape index (κ1) is 20.9. The summed E-state index contributed by atoms with van der Waals surface area (Å²) < 4.78 is 0. The van der Waals surface area contributed by atoms with Crippen LogP contribution in [0.5, 0.6) is 0 Å². The van der Waals surface area contributed by atoms with E-state index in [1.54, 1.807) is 6.07 Å². The van der Waals surface area contributed by atoms with E-state index in [1.807, 2.05) is 12.1 Å². The molecule has 4 heteroatoms. The predicted octanol–water partition coefficient (Wildman–Crippen LogP) is 4.00. The van der Waals surface area contributed by atoms with Crippen molar-refractivity contribution in [2.45, 2.75) is 96.3 Å². The highest BCUT2D eigenvalue weighted by Crippen LogP contribution is 2.18. The summed E-state index contributed by atoms with van der Waals surface area (Å²) in [6, 6.07) is 5.78. The van der Waals surface area contributed by atoms with Gasteiger partial charge in [-0.1, -0.05) is 76.0 Å². The van der Waals surface area contributed by atoms with Crippen LogP contribution < -0.4 is 5.32 Å². The SMILES string of the molecule is O=C(Cc1ccc(CO)c(CO)c1)NC1CCCCCCCCCCC1. The average Bonchev–Trinajstić information content (AvgIpc) is 2.63. The standard InChI is InChI=1S/C22H35NO3/c24-16-19-13-12-18(14-20(19)17-25)15-22(26)23-21-10-8-6-4-2-1-3-5-7-9-11-21/h12-14,21,24-25H,1-11,15-17H2,(H,23,26). The molecule has 0 saturated heterocycles. The molecule has 4 nitrogen and oxygen atoms in total. The van der Waals surface area contributed by atoms with Crippen molar-refractivity contribution in [1.29, 1.82) is 0 Å². The molecule has 0 spiro atoms. The Labute approximate surface area is 158 Å². The predicted molar refractivity (Wildman–Crippen MR) is 105 cm³/mol. The van der Waals surface area contributed by atoms with E-state index in [0.717, 1.165) is 24.0 Å². The molecule has 0 radical (unpaired) electrons. The lowest BCUT2D eigenvalue weighted by atomic mass is 9.97. The molecule has 2 rings (SSSR count). The van der Waals surface area contributed by atoms with Crippen molar-refractivity contribution in [3.8, 4) is 0 Å². The van der Waals surface area contributed by atoms with E-state index < -0.39 is 0 Å². The molecule has 0 atom stereocenters. The Hall–Kier alpha value is -1.39. The number of amides is 1. The number of aliphatic hydroxyl groups is 2. The van der Waals surface area contributed by atoms with Crippen LogP contribution in [0.25, 0.3) is 0 Å². The molecule has 26 heavy (non-hydrogen) atoms. The van der Waals surface area contributed by atoms with E-state index in [0.29, 0.717) is 12.0 Å². The minimum absolute atomic E-state index is 0.0581. The minimum atomic E-state index is -0.117. The van der Waals surface area contributed by atoms with Gasteiger partial charge in [0, 0.05) is 6.04 Å². The van der Waals surface area contributed by atoms with Crippen LogP contribution in [-0.4, -0.2) is 22.2 Å². The first-order chi connectivity index (χ1) is 12.7. The van der Waals surface area contributed by atoms with Crippen LogP contribution in [0.1, 0.15) is 87.3 Å². The fourth-order valence-corrected chi connectivity index (χ4v) is 3.86. The third-order valence-corrected chi connectivity index (χ3v) is 5.45. The monoisotopic (exact) mass is 361 g/mol. The molecule has 0 aliphatic heterocycles. The Morgan fingerprint density at radius 1 is 0.846 bits per heavy atom. The number of carbonyl (C=O) groups excluding carboxylic acids is 1. The summed E-state index contributed by atoms with van der Waals surface area (Å²) in [6.45, 7) is -0.210. The van der Waals surface area contributed by atoms with Gasteiger partial charge in [-0.2, -0.15) is 0 Å². The molecule has 1 amide bonds. The van der Waals surface area contributed by atoms with E-state index in [-0.39, 0.29) is 25.2 Å². The van der Waals surface area contributed by atoms with Gasteiger partial charge in [0.15, 0.2) is 0 Å². The molecule has 0 aromatic heterocycles. The Morgan fingerprint density at radius 3 is 1.92 bits per heavy atom. The zero-order valence-corrected chi connectivity index (χ0v) is 16.0. The molecular formula is C22H35NO3. The molecule has 146 valence electrons. The normalized spacial score (nSPS) is 17.9. The second kappa shape index (κ2) is 12.1. The van der Waals surface area contributed by atoms with Gasteiger partial charge in [0.1, 0.15) is 0 Å². The minimum Gasteiger partial charge on any atom is -0.392 e. The van der Waals surface area contributed by atoms with Crippen LogP contribution in [0.3, 0.4) is 0 Å². The molecule has 1 aromatic rings. The number of hydrogen-bond donors (Lipinski definition) is 3. The molecule has 0 unspecified atom stereocenters. The van der Waals surface area contributed by atoms with Crippen molar-refractivity contribution in [2.75, 3.05) is 0 Å². The number of rotatable bonds is 5. The van der Waals surface area contributed by atoms with E-state index >= 15 is 0 Å². The Bertz CT molecular complexity index is 532. The second-order valence-electron chi connectivity index (χ2n) is 7.62. The van der Waals surface area contributed by atoms with Crippen molar-refractivity contribution in [3.05, 3.63) is 34.9 Å². The third kappa shape index (κ3) is 7.46. The number of aliphatic hydroxyl groups excluding tert-OH is 2. The zero-order valence-electron chi connectivity index (χ0n) is 16.0. The molecule has 1 fully saturated rings. The first-order valence-corrected chi connectivity index (χ1v) is 10.3. The van der Waals surface area contributed by atoms with Gasteiger partial charge >= 0.3 is 0 Å². The van der Waals surface area contributed by atoms with Crippen LogP contribution in [0.2, 0.25) is 0 Å². The van der Waals surface area contributed by atoms with Crippen molar-refractivity contribution in [1.82, 2.24) is 5.32 Å². The fourth-order valence-electron chi connectivity index (χ4n) is 3.86. The van der Waals surface area contributed by atoms with Gasteiger partial charge in [-0.3, -0.25) is 4.79 Å². The van der Waals surface area contributed by atoms with Crippen molar-refractivity contribution in [3.63, 3.8) is 0 Å². The van der Waals surface area contributed by atoms with Crippen LogP contribution in [-0.2, 0) is 24.4 Å². The van der Waals surface area contributed by atoms with Crippen molar-refractivity contribution >= 4 is 5.91 Å². The maximum Gasteiger partial charge on any atom is 0.224 e. The Kier molecular flexibility index (Phi) is 9.72. The van der Waals surface area contributed by atoms with Gasteiger partial charge in [0.05, 0.1) is 19.6 Å². The lowest BCUT2D eigenvalue weighted by Gasteiger charge is -2.20. The Balaban J connectivity index is 1.87. The lowest BCUT2D eigenvalue weighted by Crippen LogP contribution is -2.36. The van der Waals surface area contributed by atoms with Crippen LogP contribution in [0, 0.1) is 0 Å². The number of hydrogen-bond acceptors (Lipinski definition) is 3. The summed E-state index contributed by atoms with van der Waals surface area (Å²) >= 11 is 0. The number of carbonyl (C=O) groups is 1. The van der Waals surface area contributed by atoms with Gasteiger partial charge in [0.2, 0.25) is 5.91 Å². The molecule has 1 aliphatic carbocycles. The molecule has 3 N–H and O–H groups in total. The lowest BCUT2D eigenvalue weighted by molar-refractivity contribution is -0.121. The van der Waals surface area contributed by atoms with E-state index in [4.69, 9.17) is 0 Å². The highest BCUT2D eigenvalue weighted by Gasteiger charge is 2.14. The summed E-state index contributed by atoms with van der Waals surface area (Å²) in [6.07, 6.45) is 14.2. The van der Waals surface area contributed by atoms with E-state index in [9.17, 15) is 15.0 Å².